The predicted molar refractivity (Wildman–Crippen MR) is 139 cm³/mol. The normalized spacial score (nSPS) is 11.0. The average Bonchev–Trinajstić information content (AvgIpc) is 3.39. The second kappa shape index (κ2) is 10.1. The fraction of sp³-hybridized carbons (Fsp3) is 0.179. The maximum absolute atomic E-state index is 13.3. The van der Waals surface area contributed by atoms with Gasteiger partial charge in [-0.2, -0.15) is 4.98 Å². The molecular weight excluding hydrogens is 470 g/mol. The minimum absolute atomic E-state index is 0.0464. The van der Waals surface area contributed by atoms with Crippen LogP contribution in [0.15, 0.2) is 76.2 Å². The van der Waals surface area contributed by atoms with Crippen molar-refractivity contribution in [2.75, 3.05) is 7.11 Å². The highest BCUT2D eigenvalue weighted by molar-refractivity contribution is 5.83. The Morgan fingerprint density at radius 3 is 2.62 bits per heavy atom. The smallest absolute Gasteiger partial charge is 0.263 e. The molecule has 1 amide bonds. The zero-order chi connectivity index (χ0) is 25.9. The third-order valence-corrected chi connectivity index (χ3v) is 5.96. The molecule has 37 heavy (non-hydrogen) atoms. The molecule has 0 spiro atoms. The van der Waals surface area contributed by atoms with Crippen molar-refractivity contribution >= 4 is 16.9 Å². The molecule has 0 saturated heterocycles. The van der Waals surface area contributed by atoms with Gasteiger partial charge in [0.05, 0.1) is 12.5 Å². The molecule has 0 radical (unpaired) electrons. The van der Waals surface area contributed by atoms with Gasteiger partial charge in [0.1, 0.15) is 23.5 Å². The van der Waals surface area contributed by atoms with Gasteiger partial charge in [0, 0.05) is 24.0 Å². The first-order chi connectivity index (χ1) is 17.9. The zero-order valence-corrected chi connectivity index (χ0v) is 20.7. The summed E-state index contributed by atoms with van der Waals surface area (Å²) in [7, 11) is 1.60. The lowest BCUT2D eigenvalue weighted by Gasteiger charge is -2.12. The molecule has 0 fully saturated rings. The van der Waals surface area contributed by atoms with Crippen LogP contribution in [0.25, 0.3) is 33.9 Å². The SMILES string of the molecule is COc1ccc(CNC(=O)Cn2cc(-c3nc(-c4cccc(C)c4)no3)c(=O)c3ccc(C)nc32)cc1. The van der Waals surface area contributed by atoms with Crippen LogP contribution in [0, 0.1) is 13.8 Å². The summed E-state index contributed by atoms with van der Waals surface area (Å²) in [5.74, 6) is 0.969. The van der Waals surface area contributed by atoms with E-state index in [1.54, 1.807) is 30.0 Å². The Morgan fingerprint density at radius 1 is 1.05 bits per heavy atom. The zero-order valence-electron chi connectivity index (χ0n) is 20.7. The molecule has 1 N–H and O–H groups in total. The predicted octanol–water partition coefficient (Wildman–Crippen LogP) is 4.06. The maximum Gasteiger partial charge on any atom is 0.263 e. The van der Waals surface area contributed by atoms with Gasteiger partial charge in [0.25, 0.3) is 5.89 Å². The fourth-order valence-electron chi connectivity index (χ4n) is 4.02. The second-order valence-corrected chi connectivity index (χ2v) is 8.74. The van der Waals surface area contributed by atoms with Crippen LogP contribution in [0.3, 0.4) is 0 Å². The van der Waals surface area contributed by atoms with Crippen LogP contribution in [0.4, 0.5) is 0 Å². The summed E-state index contributed by atoms with van der Waals surface area (Å²) in [4.78, 5) is 35.2. The number of fused-ring (bicyclic) bond motifs is 1. The molecule has 3 aromatic heterocycles. The van der Waals surface area contributed by atoms with Crippen molar-refractivity contribution in [2.24, 2.45) is 0 Å². The van der Waals surface area contributed by atoms with E-state index in [0.29, 0.717) is 23.4 Å². The molecule has 9 nitrogen and oxygen atoms in total. The maximum atomic E-state index is 13.3. The van der Waals surface area contributed by atoms with Crippen molar-refractivity contribution in [3.05, 3.63) is 93.9 Å². The van der Waals surface area contributed by atoms with Crippen molar-refractivity contribution < 1.29 is 14.1 Å². The Morgan fingerprint density at radius 2 is 1.86 bits per heavy atom. The van der Waals surface area contributed by atoms with Crippen LogP contribution < -0.4 is 15.5 Å². The lowest BCUT2D eigenvalue weighted by molar-refractivity contribution is -0.121. The number of benzene rings is 2. The van der Waals surface area contributed by atoms with Gasteiger partial charge < -0.3 is 19.1 Å². The first kappa shape index (κ1) is 23.9. The molecule has 186 valence electrons. The largest absolute Gasteiger partial charge is 0.497 e. The first-order valence-electron chi connectivity index (χ1n) is 11.7. The third kappa shape index (κ3) is 5.11. The Labute approximate surface area is 212 Å². The number of carbonyl (C=O) groups is 1. The van der Waals surface area contributed by atoms with Crippen LogP contribution in [0.5, 0.6) is 5.75 Å². The fourth-order valence-corrected chi connectivity index (χ4v) is 4.02. The van der Waals surface area contributed by atoms with Gasteiger partial charge in [-0.3, -0.25) is 9.59 Å². The van der Waals surface area contributed by atoms with Crippen LogP contribution in [0.2, 0.25) is 0 Å². The van der Waals surface area contributed by atoms with Crippen LogP contribution in [-0.4, -0.2) is 32.7 Å². The third-order valence-electron chi connectivity index (χ3n) is 5.96. The lowest BCUT2D eigenvalue weighted by Crippen LogP contribution is -2.28. The molecular formula is C28H25N5O4. The standard InChI is InChI=1S/C28H25N5O4/c1-17-5-4-6-20(13-17)26-31-28(37-32-26)23-15-33(27-22(25(23)35)12-7-18(2)30-27)16-24(34)29-14-19-8-10-21(36-3)11-9-19/h4-13,15H,14,16H2,1-3H3,(H,29,34). The van der Waals surface area contributed by atoms with Crippen molar-refractivity contribution in [1.29, 1.82) is 0 Å². The number of hydrogen-bond donors (Lipinski definition) is 1. The minimum atomic E-state index is -0.295. The first-order valence-corrected chi connectivity index (χ1v) is 11.7. The number of nitrogens with one attached hydrogen (secondary N) is 1. The van der Waals surface area contributed by atoms with E-state index in [1.807, 2.05) is 62.4 Å². The van der Waals surface area contributed by atoms with Gasteiger partial charge in [0.15, 0.2) is 0 Å². The molecule has 0 aliphatic rings. The summed E-state index contributed by atoms with van der Waals surface area (Å²) < 4.78 is 12.3. The van der Waals surface area contributed by atoms with Gasteiger partial charge in [-0.25, -0.2) is 4.98 Å². The highest BCUT2D eigenvalue weighted by atomic mass is 16.5. The molecule has 0 aliphatic heterocycles. The molecule has 5 aromatic rings. The van der Waals surface area contributed by atoms with Gasteiger partial charge in [-0.15, -0.1) is 0 Å². The lowest BCUT2D eigenvalue weighted by atomic mass is 10.1. The van der Waals surface area contributed by atoms with E-state index in [0.717, 1.165) is 28.1 Å². The number of rotatable bonds is 7. The van der Waals surface area contributed by atoms with Crippen LogP contribution >= 0.6 is 0 Å². The summed E-state index contributed by atoms with van der Waals surface area (Å²) in [5.41, 5.74) is 3.82. The molecule has 0 atom stereocenters. The van der Waals surface area contributed by atoms with E-state index >= 15 is 0 Å². The Balaban J connectivity index is 1.46. The van der Waals surface area contributed by atoms with E-state index in [2.05, 4.69) is 20.4 Å². The molecule has 0 saturated carbocycles. The number of methoxy groups -OCH3 is 1. The molecule has 0 unspecified atom stereocenters. The van der Waals surface area contributed by atoms with Gasteiger partial charge >= 0.3 is 0 Å². The number of ether oxygens (including phenoxy) is 1. The van der Waals surface area contributed by atoms with Crippen molar-refractivity contribution in [3.63, 3.8) is 0 Å². The average molecular weight is 496 g/mol. The monoisotopic (exact) mass is 495 g/mol. The van der Waals surface area contributed by atoms with Crippen molar-refractivity contribution in [1.82, 2.24) is 25.0 Å². The summed E-state index contributed by atoms with van der Waals surface area (Å²) in [5, 5.41) is 7.34. The van der Waals surface area contributed by atoms with Gasteiger partial charge in [0.2, 0.25) is 17.2 Å². The van der Waals surface area contributed by atoms with Crippen LogP contribution in [0.1, 0.15) is 16.8 Å². The van der Waals surface area contributed by atoms with E-state index in [1.165, 1.54) is 0 Å². The Bertz CT molecular complexity index is 1650. The number of aromatic nitrogens is 4. The minimum Gasteiger partial charge on any atom is -0.497 e. The molecule has 9 heteroatoms. The number of aryl methyl sites for hydroxylation is 2. The summed E-state index contributed by atoms with van der Waals surface area (Å²) >= 11 is 0. The quantitative estimate of drug-likeness (QED) is 0.362. The van der Waals surface area contributed by atoms with E-state index in [4.69, 9.17) is 9.26 Å². The highest BCUT2D eigenvalue weighted by Crippen LogP contribution is 2.23. The number of pyridine rings is 2. The molecule has 2 aromatic carbocycles. The Kier molecular flexibility index (Phi) is 6.51. The Hall–Kier alpha value is -4.79. The molecule has 0 aliphatic carbocycles. The van der Waals surface area contributed by atoms with Gasteiger partial charge in [-0.1, -0.05) is 41.1 Å². The summed E-state index contributed by atoms with van der Waals surface area (Å²) in [6.07, 6.45) is 1.55. The van der Waals surface area contributed by atoms with E-state index in [9.17, 15) is 9.59 Å². The molecule has 0 bridgehead atoms. The van der Waals surface area contributed by atoms with Crippen molar-refractivity contribution in [2.45, 2.75) is 26.9 Å². The van der Waals surface area contributed by atoms with Crippen LogP contribution in [-0.2, 0) is 17.9 Å². The van der Waals surface area contributed by atoms with E-state index < -0.39 is 0 Å². The summed E-state index contributed by atoms with van der Waals surface area (Å²) in [6, 6.07) is 18.6. The topological polar surface area (TPSA) is 112 Å². The van der Waals surface area contributed by atoms with Crippen molar-refractivity contribution in [3.8, 4) is 28.6 Å². The highest BCUT2D eigenvalue weighted by Gasteiger charge is 2.19. The number of amides is 1. The molecule has 5 rings (SSSR count). The van der Waals surface area contributed by atoms with Gasteiger partial charge in [-0.05, 0) is 49.7 Å². The summed E-state index contributed by atoms with van der Waals surface area (Å²) in [6.45, 7) is 4.11. The number of nitrogens with zero attached hydrogens (tertiary/aromatic N) is 4. The second-order valence-electron chi connectivity index (χ2n) is 8.74. The number of carbonyl (C=O) groups excluding carboxylic acids is 1. The van der Waals surface area contributed by atoms with E-state index in [-0.39, 0.29) is 29.3 Å². The molecule has 3 heterocycles. The number of hydrogen-bond acceptors (Lipinski definition) is 7.